The highest BCUT2D eigenvalue weighted by Crippen LogP contribution is 2.35. The average molecular weight is 268 g/mol. The van der Waals surface area contributed by atoms with Gasteiger partial charge in [-0.3, -0.25) is 9.69 Å². The number of ether oxygens (including phenoxy) is 1. The smallest absolute Gasteiger partial charge is 0.325 e. The van der Waals surface area contributed by atoms with Gasteiger partial charge in [0.05, 0.1) is 19.3 Å². The van der Waals surface area contributed by atoms with Gasteiger partial charge in [-0.05, 0) is 31.6 Å². The molecule has 5 nitrogen and oxygen atoms in total. The van der Waals surface area contributed by atoms with Gasteiger partial charge in [0.2, 0.25) is 0 Å². The van der Waals surface area contributed by atoms with Crippen LogP contribution < -0.4 is 5.32 Å². The number of imide groups is 1. The van der Waals surface area contributed by atoms with E-state index < -0.39 is 5.54 Å². The van der Waals surface area contributed by atoms with Gasteiger partial charge < -0.3 is 10.1 Å². The van der Waals surface area contributed by atoms with Crippen LogP contribution in [0.2, 0.25) is 0 Å². The van der Waals surface area contributed by atoms with Crippen molar-refractivity contribution in [2.24, 2.45) is 5.41 Å². The van der Waals surface area contributed by atoms with Crippen LogP contribution in [-0.2, 0) is 9.53 Å². The van der Waals surface area contributed by atoms with Gasteiger partial charge in [0.15, 0.2) is 0 Å². The maximum absolute atomic E-state index is 12.4. The Kier molecular flexibility index (Phi) is 3.60. The Morgan fingerprint density at radius 2 is 2.00 bits per heavy atom. The Morgan fingerprint density at radius 3 is 2.42 bits per heavy atom. The van der Waals surface area contributed by atoms with E-state index in [0.29, 0.717) is 19.3 Å². The second-order valence-corrected chi connectivity index (χ2v) is 6.69. The van der Waals surface area contributed by atoms with Crippen LogP contribution in [0.4, 0.5) is 4.79 Å². The minimum Gasteiger partial charge on any atom is -0.376 e. The van der Waals surface area contributed by atoms with Crippen molar-refractivity contribution in [2.75, 3.05) is 13.2 Å². The molecule has 1 saturated heterocycles. The van der Waals surface area contributed by atoms with Gasteiger partial charge in [0.1, 0.15) is 5.54 Å². The molecule has 1 aliphatic heterocycles. The van der Waals surface area contributed by atoms with E-state index in [0.717, 1.165) is 12.8 Å². The van der Waals surface area contributed by atoms with E-state index in [-0.39, 0.29) is 17.4 Å². The van der Waals surface area contributed by atoms with Crippen molar-refractivity contribution in [2.45, 2.75) is 58.6 Å². The number of nitrogens with zero attached hydrogens (tertiary/aromatic N) is 1. The van der Waals surface area contributed by atoms with Gasteiger partial charge >= 0.3 is 6.03 Å². The third-order valence-electron chi connectivity index (χ3n) is 4.50. The molecule has 0 bridgehead atoms. The van der Waals surface area contributed by atoms with E-state index in [2.05, 4.69) is 5.32 Å². The summed E-state index contributed by atoms with van der Waals surface area (Å²) in [5.74, 6) is -0.151. The van der Waals surface area contributed by atoms with Crippen LogP contribution in [0.25, 0.3) is 0 Å². The lowest BCUT2D eigenvalue weighted by Crippen LogP contribution is -2.54. The highest BCUT2D eigenvalue weighted by Gasteiger charge is 2.54. The normalized spacial score (nSPS) is 28.5. The zero-order chi connectivity index (χ0) is 14.3. The fraction of sp³-hybridized carbons (Fsp3) is 0.857. The molecular formula is C14H24N2O3. The molecule has 3 amide bonds. The van der Waals surface area contributed by atoms with Gasteiger partial charge in [0, 0.05) is 0 Å². The van der Waals surface area contributed by atoms with Gasteiger partial charge in [-0.2, -0.15) is 0 Å². The summed E-state index contributed by atoms with van der Waals surface area (Å²) in [4.78, 5) is 25.7. The highest BCUT2D eigenvalue weighted by molar-refractivity contribution is 6.07. The Balaban J connectivity index is 1.94. The van der Waals surface area contributed by atoms with Crippen LogP contribution in [0.5, 0.6) is 0 Å². The second kappa shape index (κ2) is 4.78. The van der Waals surface area contributed by atoms with Crippen LogP contribution >= 0.6 is 0 Å². The molecule has 0 aromatic carbocycles. The number of carbonyl (C=O) groups is 2. The lowest BCUT2D eigenvalue weighted by molar-refractivity contribution is -0.135. The topological polar surface area (TPSA) is 58.6 Å². The van der Waals surface area contributed by atoms with Crippen molar-refractivity contribution >= 4 is 11.9 Å². The molecule has 2 fully saturated rings. The third-order valence-corrected chi connectivity index (χ3v) is 4.50. The molecule has 2 aliphatic rings. The molecular weight excluding hydrogens is 244 g/mol. The number of hydrogen-bond donors (Lipinski definition) is 1. The zero-order valence-corrected chi connectivity index (χ0v) is 12.3. The van der Waals surface area contributed by atoms with Gasteiger partial charge in [-0.15, -0.1) is 0 Å². The monoisotopic (exact) mass is 268 g/mol. The summed E-state index contributed by atoms with van der Waals surface area (Å²) in [6, 6.07) is -0.306. The maximum atomic E-state index is 12.4. The van der Waals surface area contributed by atoms with Crippen molar-refractivity contribution in [3.05, 3.63) is 0 Å². The molecule has 2 rings (SSSR count). The Labute approximate surface area is 114 Å². The maximum Gasteiger partial charge on any atom is 0.325 e. The van der Waals surface area contributed by atoms with Crippen molar-refractivity contribution in [3.63, 3.8) is 0 Å². The van der Waals surface area contributed by atoms with E-state index in [4.69, 9.17) is 4.74 Å². The summed E-state index contributed by atoms with van der Waals surface area (Å²) >= 11 is 0. The summed E-state index contributed by atoms with van der Waals surface area (Å²) < 4.78 is 5.62. The molecule has 1 heterocycles. The van der Waals surface area contributed by atoms with Crippen LogP contribution in [-0.4, -0.2) is 41.6 Å². The van der Waals surface area contributed by atoms with Crippen molar-refractivity contribution < 1.29 is 14.3 Å². The molecule has 1 N–H and O–H groups in total. The quantitative estimate of drug-likeness (QED) is 0.792. The summed E-state index contributed by atoms with van der Waals surface area (Å²) in [6.07, 6.45) is 3.74. The second-order valence-electron chi connectivity index (χ2n) is 6.69. The molecule has 0 spiro atoms. The van der Waals surface area contributed by atoms with Crippen LogP contribution in [0.1, 0.15) is 47.0 Å². The predicted molar refractivity (Wildman–Crippen MR) is 71.7 cm³/mol. The van der Waals surface area contributed by atoms with Crippen LogP contribution in [0, 0.1) is 5.41 Å². The standard InChI is InChI=1S/C14H24N2O3/c1-13(2,3)14(4)11(17)16(12(18)15-14)8-9-19-10-6-5-7-10/h10H,5-9H2,1-4H3,(H,15,18). The van der Waals surface area contributed by atoms with E-state index >= 15 is 0 Å². The summed E-state index contributed by atoms with van der Waals surface area (Å²) in [6.45, 7) is 8.44. The highest BCUT2D eigenvalue weighted by atomic mass is 16.5. The molecule has 0 radical (unpaired) electrons. The molecule has 5 heteroatoms. The summed E-state index contributed by atoms with van der Waals surface area (Å²) in [7, 11) is 0. The van der Waals surface area contributed by atoms with Crippen LogP contribution in [0.15, 0.2) is 0 Å². The Morgan fingerprint density at radius 1 is 1.37 bits per heavy atom. The molecule has 1 saturated carbocycles. The predicted octanol–water partition coefficient (Wildman–Crippen LogP) is 1.91. The first-order valence-electron chi connectivity index (χ1n) is 7.01. The van der Waals surface area contributed by atoms with Gasteiger partial charge in [-0.25, -0.2) is 4.79 Å². The van der Waals surface area contributed by atoms with E-state index in [1.54, 1.807) is 6.92 Å². The van der Waals surface area contributed by atoms with E-state index in [1.807, 2.05) is 20.8 Å². The number of rotatable bonds is 4. The number of carbonyl (C=O) groups excluding carboxylic acids is 2. The van der Waals surface area contributed by atoms with Gasteiger partial charge in [-0.1, -0.05) is 20.8 Å². The van der Waals surface area contributed by atoms with E-state index in [9.17, 15) is 9.59 Å². The van der Waals surface area contributed by atoms with Crippen molar-refractivity contribution in [1.82, 2.24) is 10.2 Å². The number of amides is 3. The summed E-state index contributed by atoms with van der Waals surface area (Å²) in [5.41, 5.74) is -1.15. The molecule has 1 aliphatic carbocycles. The molecule has 19 heavy (non-hydrogen) atoms. The number of nitrogens with one attached hydrogen (secondary N) is 1. The fourth-order valence-electron chi connectivity index (χ4n) is 2.26. The summed E-state index contributed by atoms with van der Waals surface area (Å²) in [5, 5.41) is 2.82. The van der Waals surface area contributed by atoms with Gasteiger partial charge in [0.25, 0.3) is 5.91 Å². The van der Waals surface area contributed by atoms with E-state index in [1.165, 1.54) is 11.3 Å². The first-order valence-corrected chi connectivity index (χ1v) is 7.01. The molecule has 0 aromatic rings. The lowest BCUT2D eigenvalue weighted by atomic mass is 9.75. The van der Waals surface area contributed by atoms with Crippen LogP contribution in [0.3, 0.4) is 0 Å². The number of hydrogen-bond acceptors (Lipinski definition) is 3. The molecule has 0 aromatic heterocycles. The Bertz CT molecular complexity index is 385. The first-order chi connectivity index (χ1) is 8.75. The minimum atomic E-state index is -0.833. The van der Waals surface area contributed by atoms with Crippen molar-refractivity contribution in [1.29, 1.82) is 0 Å². The number of urea groups is 1. The molecule has 1 unspecified atom stereocenters. The molecule has 1 atom stereocenters. The average Bonchev–Trinajstić information content (AvgIpc) is 2.44. The lowest BCUT2D eigenvalue weighted by Gasteiger charge is -2.35. The first kappa shape index (κ1) is 14.3. The zero-order valence-electron chi connectivity index (χ0n) is 12.3. The minimum absolute atomic E-state index is 0.151. The van der Waals surface area contributed by atoms with Crippen molar-refractivity contribution in [3.8, 4) is 0 Å². The SMILES string of the molecule is CC(C)(C)C1(C)NC(=O)N(CCOC2CCC2)C1=O. The fourth-order valence-corrected chi connectivity index (χ4v) is 2.26. The Hall–Kier alpha value is -1.10. The molecule has 108 valence electrons. The largest absolute Gasteiger partial charge is 0.376 e. The third kappa shape index (κ3) is 2.48.